The molecule has 1 N–H and O–H groups in total. The van der Waals surface area contributed by atoms with E-state index < -0.39 is 0 Å². The highest BCUT2D eigenvalue weighted by Crippen LogP contribution is 2.39. The molecule has 0 aromatic heterocycles. The number of benzene rings is 2. The molecule has 98 valence electrons. The molecule has 0 saturated carbocycles. The minimum absolute atomic E-state index is 0.306. The second-order valence-electron chi connectivity index (χ2n) is 5.23. The van der Waals surface area contributed by atoms with Crippen LogP contribution in [0.25, 0.3) is 16.8 Å². The van der Waals surface area contributed by atoms with Crippen molar-refractivity contribution in [1.29, 1.82) is 0 Å². The van der Waals surface area contributed by atoms with Crippen molar-refractivity contribution >= 4 is 22.5 Å². The van der Waals surface area contributed by atoms with E-state index in [1.54, 1.807) is 0 Å². The van der Waals surface area contributed by atoms with Crippen LogP contribution in [0.3, 0.4) is 0 Å². The third-order valence-corrected chi connectivity index (χ3v) is 3.78. The van der Waals surface area contributed by atoms with E-state index in [0.29, 0.717) is 6.04 Å². The van der Waals surface area contributed by atoms with Gasteiger partial charge in [0.1, 0.15) is 0 Å². The van der Waals surface area contributed by atoms with Crippen LogP contribution in [0, 0.1) is 0 Å². The second kappa shape index (κ2) is 4.71. The summed E-state index contributed by atoms with van der Waals surface area (Å²) in [6, 6.07) is 11.3. The van der Waals surface area contributed by atoms with Crippen LogP contribution in [-0.4, -0.2) is 20.6 Å². The van der Waals surface area contributed by atoms with Gasteiger partial charge < -0.3 is 10.2 Å². The molecule has 0 spiro atoms. The molecule has 2 nitrogen and oxygen atoms in total. The summed E-state index contributed by atoms with van der Waals surface area (Å²) in [6.45, 7) is 3.13. The van der Waals surface area contributed by atoms with Crippen LogP contribution < -0.4 is 10.2 Å². The molecule has 19 heavy (non-hydrogen) atoms. The third-order valence-electron chi connectivity index (χ3n) is 3.78. The number of rotatable bonds is 3. The lowest BCUT2D eigenvalue weighted by atomic mass is 9.88. The smallest absolute Gasteiger partial charge is 0.0536 e. The van der Waals surface area contributed by atoms with Crippen LogP contribution >= 0.6 is 0 Å². The lowest BCUT2D eigenvalue weighted by Gasteiger charge is -2.28. The molecular formula is C17H20N2. The number of likely N-dealkylation sites (N-methyl/N-ethyl adjacent to an activating group) is 1. The van der Waals surface area contributed by atoms with Gasteiger partial charge in [-0.1, -0.05) is 43.3 Å². The first kappa shape index (κ1) is 12.2. The number of hydrogen-bond acceptors (Lipinski definition) is 2. The van der Waals surface area contributed by atoms with E-state index in [9.17, 15) is 0 Å². The van der Waals surface area contributed by atoms with E-state index in [2.05, 4.69) is 73.7 Å². The molecule has 1 aliphatic carbocycles. The summed E-state index contributed by atoms with van der Waals surface area (Å²) in [7, 11) is 4.23. The number of anilines is 1. The van der Waals surface area contributed by atoms with Gasteiger partial charge in [-0.2, -0.15) is 0 Å². The molecule has 0 saturated heterocycles. The Kier molecular flexibility index (Phi) is 3.03. The Bertz CT molecular complexity index is 641. The Hall–Kier alpha value is -1.80. The first-order valence-electron chi connectivity index (χ1n) is 6.87. The van der Waals surface area contributed by atoms with Crippen molar-refractivity contribution in [2.24, 2.45) is 0 Å². The van der Waals surface area contributed by atoms with Crippen molar-refractivity contribution in [3.8, 4) is 0 Å². The highest BCUT2D eigenvalue weighted by atomic mass is 15.1. The van der Waals surface area contributed by atoms with Gasteiger partial charge in [-0.3, -0.25) is 0 Å². The fraction of sp³-hybridized carbons (Fsp3) is 0.294. The summed E-state index contributed by atoms with van der Waals surface area (Å²) in [5, 5.41) is 6.28. The normalized spacial score (nSPS) is 16.9. The molecule has 3 rings (SSSR count). The summed E-state index contributed by atoms with van der Waals surface area (Å²) >= 11 is 0. The van der Waals surface area contributed by atoms with Gasteiger partial charge in [-0.15, -0.1) is 0 Å². The van der Waals surface area contributed by atoms with E-state index in [-0.39, 0.29) is 0 Å². The zero-order valence-electron chi connectivity index (χ0n) is 11.8. The molecule has 0 amide bonds. The van der Waals surface area contributed by atoms with Gasteiger partial charge >= 0.3 is 0 Å². The minimum Gasteiger partial charge on any atom is -0.377 e. The van der Waals surface area contributed by atoms with Crippen molar-refractivity contribution in [2.75, 3.05) is 25.5 Å². The summed E-state index contributed by atoms with van der Waals surface area (Å²) in [6.07, 6.45) is 4.51. The molecule has 0 heterocycles. The molecule has 1 unspecified atom stereocenters. The van der Waals surface area contributed by atoms with E-state index in [4.69, 9.17) is 0 Å². The molecule has 2 aromatic rings. The predicted octanol–water partition coefficient (Wildman–Crippen LogP) is 3.58. The van der Waals surface area contributed by atoms with Gasteiger partial charge in [-0.25, -0.2) is 0 Å². The molecule has 0 aliphatic heterocycles. The fourth-order valence-electron chi connectivity index (χ4n) is 2.96. The van der Waals surface area contributed by atoms with Gasteiger partial charge in [0.2, 0.25) is 0 Å². The van der Waals surface area contributed by atoms with Gasteiger partial charge in [-0.05, 0) is 28.9 Å². The quantitative estimate of drug-likeness (QED) is 0.898. The van der Waals surface area contributed by atoms with Crippen LogP contribution in [-0.2, 0) is 0 Å². The first-order valence-corrected chi connectivity index (χ1v) is 6.87. The van der Waals surface area contributed by atoms with Crippen molar-refractivity contribution in [3.05, 3.63) is 47.5 Å². The molecule has 1 atom stereocenters. The Labute approximate surface area is 114 Å². The molecule has 2 heteroatoms. The molecule has 0 radical (unpaired) electrons. The fourth-order valence-corrected chi connectivity index (χ4v) is 2.96. The first-order chi connectivity index (χ1) is 9.22. The predicted molar refractivity (Wildman–Crippen MR) is 83.7 cm³/mol. The van der Waals surface area contributed by atoms with E-state index in [0.717, 1.165) is 6.54 Å². The molecule has 2 aromatic carbocycles. The summed E-state index contributed by atoms with van der Waals surface area (Å²) < 4.78 is 0. The summed E-state index contributed by atoms with van der Waals surface area (Å²) in [5.74, 6) is 0. The molecule has 0 bridgehead atoms. The Morgan fingerprint density at radius 3 is 2.74 bits per heavy atom. The van der Waals surface area contributed by atoms with Crippen LogP contribution in [0.1, 0.15) is 24.1 Å². The average Bonchev–Trinajstić information content (AvgIpc) is 2.42. The number of hydrogen-bond donors (Lipinski definition) is 1. The topological polar surface area (TPSA) is 15.3 Å². The monoisotopic (exact) mass is 252 g/mol. The second-order valence-corrected chi connectivity index (χ2v) is 5.23. The SMILES string of the molecule is CCNC1C=Cc2cccc3ccc(N(C)C)c1c23. The maximum absolute atomic E-state index is 3.57. The van der Waals surface area contributed by atoms with Crippen LogP contribution in [0.15, 0.2) is 36.4 Å². The zero-order valence-corrected chi connectivity index (χ0v) is 11.8. The van der Waals surface area contributed by atoms with Crippen LogP contribution in [0.5, 0.6) is 0 Å². The molecule has 1 aliphatic rings. The maximum Gasteiger partial charge on any atom is 0.0536 e. The highest BCUT2D eigenvalue weighted by molar-refractivity contribution is 5.99. The maximum atomic E-state index is 3.57. The van der Waals surface area contributed by atoms with Gasteiger partial charge in [0, 0.05) is 25.3 Å². The summed E-state index contributed by atoms with van der Waals surface area (Å²) in [5.41, 5.74) is 4.03. The standard InChI is InChI=1S/C17H20N2/c1-4-18-14-10-8-12-6-5-7-13-9-11-15(19(2)3)17(14)16(12)13/h5-11,14,18H,4H2,1-3H3. The van der Waals surface area contributed by atoms with Gasteiger partial charge in [0.25, 0.3) is 0 Å². The summed E-state index contributed by atoms with van der Waals surface area (Å²) in [4.78, 5) is 2.20. The highest BCUT2D eigenvalue weighted by Gasteiger charge is 2.21. The van der Waals surface area contributed by atoms with Gasteiger partial charge in [0.15, 0.2) is 0 Å². The number of nitrogens with zero attached hydrogens (tertiary/aromatic N) is 1. The molecular weight excluding hydrogens is 232 g/mol. The minimum atomic E-state index is 0.306. The Morgan fingerprint density at radius 1 is 1.16 bits per heavy atom. The lowest BCUT2D eigenvalue weighted by Crippen LogP contribution is -2.23. The lowest BCUT2D eigenvalue weighted by molar-refractivity contribution is 0.651. The van der Waals surface area contributed by atoms with E-state index in [1.807, 2.05) is 0 Å². The molecule has 0 fully saturated rings. The Morgan fingerprint density at radius 2 is 2.00 bits per heavy atom. The van der Waals surface area contributed by atoms with E-state index in [1.165, 1.54) is 27.6 Å². The van der Waals surface area contributed by atoms with Crippen LogP contribution in [0.4, 0.5) is 5.69 Å². The number of nitrogens with one attached hydrogen (secondary N) is 1. The average molecular weight is 252 g/mol. The van der Waals surface area contributed by atoms with Crippen molar-refractivity contribution < 1.29 is 0 Å². The van der Waals surface area contributed by atoms with Crippen molar-refractivity contribution in [3.63, 3.8) is 0 Å². The van der Waals surface area contributed by atoms with Crippen molar-refractivity contribution in [2.45, 2.75) is 13.0 Å². The third kappa shape index (κ3) is 1.92. The van der Waals surface area contributed by atoms with E-state index >= 15 is 0 Å². The van der Waals surface area contributed by atoms with Crippen LogP contribution in [0.2, 0.25) is 0 Å². The largest absolute Gasteiger partial charge is 0.377 e. The zero-order chi connectivity index (χ0) is 13.4. The van der Waals surface area contributed by atoms with Gasteiger partial charge in [0.05, 0.1) is 6.04 Å². The Balaban J connectivity index is 2.33. The van der Waals surface area contributed by atoms with Crippen molar-refractivity contribution in [1.82, 2.24) is 5.32 Å².